The lowest BCUT2D eigenvalue weighted by Crippen LogP contribution is -2.37. The van der Waals surface area contributed by atoms with Gasteiger partial charge in [-0.3, -0.25) is 4.90 Å². The van der Waals surface area contributed by atoms with Gasteiger partial charge in [0.1, 0.15) is 0 Å². The Labute approximate surface area is 101 Å². The lowest BCUT2D eigenvalue weighted by Gasteiger charge is -2.26. The predicted octanol–water partition coefficient (Wildman–Crippen LogP) is 2.04. The number of hydrogen-bond donors (Lipinski definition) is 1. The van der Waals surface area contributed by atoms with Crippen molar-refractivity contribution in [3.8, 4) is 0 Å². The van der Waals surface area contributed by atoms with E-state index in [1.54, 1.807) is 0 Å². The minimum absolute atomic E-state index is 0.886. The fraction of sp³-hybridized carbons (Fsp3) is 0.429. The SMILES string of the molecule is c1cc2cc(CCN3CCOCC3)ccc2[nH]1. The molecule has 3 rings (SSSR count). The van der Waals surface area contributed by atoms with E-state index in [0.29, 0.717) is 0 Å². The summed E-state index contributed by atoms with van der Waals surface area (Å²) < 4.78 is 5.35. The molecule has 17 heavy (non-hydrogen) atoms. The molecule has 0 bridgehead atoms. The second-order valence-corrected chi connectivity index (χ2v) is 4.60. The van der Waals surface area contributed by atoms with Crippen LogP contribution in [-0.4, -0.2) is 42.7 Å². The van der Waals surface area contributed by atoms with Crippen molar-refractivity contribution >= 4 is 10.9 Å². The number of H-pyrrole nitrogens is 1. The van der Waals surface area contributed by atoms with E-state index >= 15 is 0 Å². The average Bonchev–Trinajstić information content (AvgIpc) is 2.85. The van der Waals surface area contributed by atoms with Crippen LogP contribution in [0.5, 0.6) is 0 Å². The summed E-state index contributed by atoms with van der Waals surface area (Å²) in [7, 11) is 0. The van der Waals surface area contributed by atoms with Gasteiger partial charge < -0.3 is 9.72 Å². The number of morpholine rings is 1. The molecule has 0 spiro atoms. The number of nitrogens with zero attached hydrogens (tertiary/aromatic N) is 1. The van der Waals surface area contributed by atoms with E-state index in [1.165, 1.54) is 16.5 Å². The van der Waals surface area contributed by atoms with Gasteiger partial charge in [-0.2, -0.15) is 0 Å². The van der Waals surface area contributed by atoms with Crippen LogP contribution in [0, 0.1) is 0 Å². The molecule has 1 aliphatic rings. The molecule has 1 aliphatic heterocycles. The molecular weight excluding hydrogens is 212 g/mol. The van der Waals surface area contributed by atoms with Crippen LogP contribution < -0.4 is 0 Å². The zero-order valence-corrected chi connectivity index (χ0v) is 9.98. The summed E-state index contributed by atoms with van der Waals surface area (Å²) in [4.78, 5) is 5.70. The number of aromatic amines is 1. The van der Waals surface area contributed by atoms with Gasteiger partial charge >= 0.3 is 0 Å². The zero-order valence-electron chi connectivity index (χ0n) is 9.98. The summed E-state index contributed by atoms with van der Waals surface area (Å²) in [5.74, 6) is 0. The van der Waals surface area contributed by atoms with Crippen LogP contribution in [0.3, 0.4) is 0 Å². The Bertz CT molecular complexity index is 486. The minimum Gasteiger partial charge on any atom is -0.379 e. The van der Waals surface area contributed by atoms with Gasteiger partial charge in [0.25, 0.3) is 0 Å². The zero-order chi connectivity index (χ0) is 11.5. The van der Waals surface area contributed by atoms with Crippen LogP contribution in [-0.2, 0) is 11.2 Å². The van der Waals surface area contributed by atoms with Crippen molar-refractivity contribution in [2.75, 3.05) is 32.8 Å². The molecule has 0 atom stereocenters. The van der Waals surface area contributed by atoms with Crippen molar-refractivity contribution in [2.45, 2.75) is 6.42 Å². The maximum absolute atomic E-state index is 5.35. The maximum atomic E-state index is 5.35. The van der Waals surface area contributed by atoms with E-state index in [1.807, 2.05) is 6.20 Å². The summed E-state index contributed by atoms with van der Waals surface area (Å²) in [6.45, 7) is 5.06. The first-order chi connectivity index (χ1) is 8.42. The number of benzene rings is 1. The molecule has 1 aromatic carbocycles. The Morgan fingerprint density at radius 3 is 2.94 bits per heavy atom. The van der Waals surface area contributed by atoms with Crippen LogP contribution in [0.1, 0.15) is 5.56 Å². The molecular formula is C14H18N2O. The highest BCUT2D eigenvalue weighted by atomic mass is 16.5. The molecule has 3 heteroatoms. The molecule has 0 aliphatic carbocycles. The molecule has 3 nitrogen and oxygen atoms in total. The van der Waals surface area contributed by atoms with Gasteiger partial charge in [0, 0.05) is 31.3 Å². The van der Waals surface area contributed by atoms with Crippen LogP contribution >= 0.6 is 0 Å². The normalized spacial score (nSPS) is 17.6. The summed E-state index contributed by atoms with van der Waals surface area (Å²) in [6.07, 6.45) is 3.12. The van der Waals surface area contributed by atoms with Gasteiger partial charge in [0.2, 0.25) is 0 Å². The number of ether oxygens (including phenoxy) is 1. The maximum Gasteiger partial charge on any atom is 0.0594 e. The van der Waals surface area contributed by atoms with E-state index < -0.39 is 0 Å². The lowest BCUT2D eigenvalue weighted by molar-refractivity contribution is 0.0384. The van der Waals surface area contributed by atoms with Crippen molar-refractivity contribution in [2.24, 2.45) is 0 Å². The van der Waals surface area contributed by atoms with E-state index in [4.69, 9.17) is 4.74 Å². The summed E-state index contributed by atoms with van der Waals surface area (Å²) in [5, 5.41) is 1.31. The molecule has 0 amide bonds. The average molecular weight is 230 g/mol. The molecule has 0 radical (unpaired) electrons. The number of rotatable bonds is 3. The highest BCUT2D eigenvalue weighted by Crippen LogP contribution is 2.15. The minimum atomic E-state index is 0.886. The standard InChI is InChI=1S/C14H18N2O/c1-2-14-13(3-5-15-14)11-12(1)4-6-16-7-9-17-10-8-16/h1-3,5,11,15H,4,6-10H2. The van der Waals surface area contributed by atoms with Crippen LogP contribution in [0.15, 0.2) is 30.5 Å². The summed E-state index contributed by atoms with van der Waals surface area (Å²) in [6, 6.07) is 8.81. The number of fused-ring (bicyclic) bond motifs is 1. The first kappa shape index (κ1) is 10.8. The lowest BCUT2D eigenvalue weighted by atomic mass is 10.1. The van der Waals surface area contributed by atoms with Crippen LogP contribution in [0.4, 0.5) is 0 Å². The third-order valence-corrected chi connectivity index (χ3v) is 3.44. The Morgan fingerprint density at radius 1 is 1.18 bits per heavy atom. The van der Waals surface area contributed by atoms with E-state index in [9.17, 15) is 0 Å². The fourth-order valence-corrected chi connectivity index (χ4v) is 2.37. The largest absolute Gasteiger partial charge is 0.379 e. The quantitative estimate of drug-likeness (QED) is 0.874. The van der Waals surface area contributed by atoms with E-state index in [-0.39, 0.29) is 0 Å². The van der Waals surface area contributed by atoms with Crippen molar-refractivity contribution in [3.63, 3.8) is 0 Å². The van der Waals surface area contributed by atoms with Crippen molar-refractivity contribution < 1.29 is 4.74 Å². The third kappa shape index (κ3) is 2.51. The van der Waals surface area contributed by atoms with Crippen LogP contribution in [0.2, 0.25) is 0 Å². The van der Waals surface area contributed by atoms with Gasteiger partial charge in [-0.25, -0.2) is 0 Å². The van der Waals surface area contributed by atoms with Crippen LogP contribution in [0.25, 0.3) is 10.9 Å². The first-order valence-corrected chi connectivity index (χ1v) is 6.28. The van der Waals surface area contributed by atoms with Gasteiger partial charge in [-0.1, -0.05) is 6.07 Å². The number of hydrogen-bond acceptors (Lipinski definition) is 2. The van der Waals surface area contributed by atoms with Crippen molar-refractivity contribution in [1.29, 1.82) is 0 Å². The summed E-state index contributed by atoms with van der Waals surface area (Å²) in [5.41, 5.74) is 2.64. The molecule has 2 aromatic rings. The number of aromatic nitrogens is 1. The molecule has 1 saturated heterocycles. The van der Waals surface area contributed by atoms with Gasteiger partial charge in [-0.05, 0) is 35.6 Å². The first-order valence-electron chi connectivity index (χ1n) is 6.28. The highest BCUT2D eigenvalue weighted by molar-refractivity contribution is 5.79. The molecule has 0 unspecified atom stereocenters. The van der Waals surface area contributed by atoms with Crippen molar-refractivity contribution in [3.05, 3.63) is 36.0 Å². The van der Waals surface area contributed by atoms with Gasteiger partial charge in [0.15, 0.2) is 0 Å². The van der Waals surface area contributed by atoms with Gasteiger partial charge in [-0.15, -0.1) is 0 Å². The van der Waals surface area contributed by atoms with Crippen molar-refractivity contribution in [1.82, 2.24) is 9.88 Å². The second-order valence-electron chi connectivity index (χ2n) is 4.60. The van der Waals surface area contributed by atoms with E-state index in [0.717, 1.165) is 39.3 Å². The molecule has 1 N–H and O–H groups in total. The Balaban J connectivity index is 1.63. The molecule has 1 aromatic heterocycles. The smallest absolute Gasteiger partial charge is 0.0594 e. The summed E-state index contributed by atoms with van der Waals surface area (Å²) >= 11 is 0. The third-order valence-electron chi connectivity index (χ3n) is 3.44. The molecule has 90 valence electrons. The monoisotopic (exact) mass is 230 g/mol. The highest BCUT2D eigenvalue weighted by Gasteiger charge is 2.09. The Hall–Kier alpha value is -1.32. The number of nitrogens with one attached hydrogen (secondary N) is 1. The fourth-order valence-electron chi connectivity index (χ4n) is 2.37. The molecule has 2 heterocycles. The van der Waals surface area contributed by atoms with E-state index in [2.05, 4.69) is 34.1 Å². The molecule has 1 fully saturated rings. The topological polar surface area (TPSA) is 28.3 Å². The Kier molecular flexibility index (Phi) is 3.12. The predicted molar refractivity (Wildman–Crippen MR) is 69.3 cm³/mol. The van der Waals surface area contributed by atoms with Gasteiger partial charge in [0.05, 0.1) is 13.2 Å². The second kappa shape index (κ2) is 4.90. The Morgan fingerprint density at radius 2 is 2.06 bits per heavy atom. The molecule has 0 saturated carbocycles.